The van der Waals surface area contributed by atoms with Crippen LogP contribution < -0.4 is 26.0 Å². The summed E-state index contributed by atoms with van der Waals surface area (Å²) in [6.07, 6.45) is 2.10. The van der Waals surface area contributed by atoms with Gasteiger partial charge in [0, 0.05) is 0 Å². The van der Waals surface area contributed by atoms with Crippen molar-refractivity contribution >= 4 is 23.6 Å². The fourth-order valence-electron chi connectivity index (χ4n) is 3.77. The van der Waals surface area contributed by atoms with E-state index in [4.69, 9.17) is 4.74 Å². The Bertz CT molecular complexity index is 1150. The van der Waals surface area contributed by atoms with E-state index in [1.165, 1.54) is 13.8 Å². The van der Waals surface area contributed by atoms with Gasteiger partial charge in [-0.1, -0.05) is 30.7 Å². The van der Waals surface area contributed by atoms with Crippen molar-refractivity contribution in [3.05, 3.63) is 41.2 Å². The fraction of sp³-hybridized carbons (Fsp3) is 0.520. The van der Waals surface area contributed by atoms with E-state index >= 15 is 0 Å². The Morgan fingerprint density at radius 3 is 2.46 bits per heavy atom. The molecule has 3 rings (SSSR count). The predicted molar refractivity (Wildman–Crippen MR) is 134 cm³/mol. The highest BCUT2D eigenvalue weighted by atomic mass is 16.5. The number of nitrogens with one attached hydrogen (secondary N) is 4. The molecule has 4 amide bonds. The molecule has 1 aromatic heterocycles. The molecule has 0 radical (unpaired) electrons. The molecular weight excluding hydrogens is 478 g/mol. The molecule has 0 fully saturated rings. The first-order chi connectivity index (χ1) is 17.5. The maximum Gasteiger partial charge on any atom is 0.255 e. The Hall–Kier alpha value is -3.96. The highest BCUT2D eigenvalue weighted by Crippen LogP contribution is 2.20. The first-order valence-corrected chi connectivity index (χ1v) is 12.3. The Morgan fingerprint density at radius 1 is 1.03 bits per heavy atom. The fourth-order valence-corrected chi connectivity index (χ4v) is 3.77. The van der Waals surface area contributed by atoms with Crippen LogP contribution in [-0.2, 0) is 27.5 Å². The van der Waals surface area contributed by atoms with Crippen LogP contribution in [0.1, 0.15) is 55.7 Å². The van der Waals surface area contributed by atoms with E-state index in [0.29, 0.717) is 30.0 Å². The summed E-state index contributed by atoms with van der Waals surface area (Å²) in [6, 6.07) is 2.55. The zero-order valence-electron chi connectivity index (χ0n) is 21.8. The molecule has 4 N–H and O–H groups in total. The molecule has 0 aliphatic carbocycles. The van der Waals surface area contributed by atoms with Crippen LogP contribution in [0.5, 0.6) is 5.75 Å². The summed E-state index contributed by atoms with van der Waals surface area (Å²) in [4.78, 5) is 51.4. The highest BCUT2D eigenvalue weighted by Gasteiger charge is 2.27. The van der Waals surface area contributed by atoms with Gasteiger partial charge in [0.1, 0.15) is 36.2 Å². The minimum Gasteiger partial charge on any atom is -0.491 e. The lowest BCUT2D eigenvalue weighted by Gasteiger charge is -2.23. The summed E-state index contributed by atoms with van der Waals surface area (Å²) in [5.41, 5.74) is 1.69. The van der Waals surface area contributed by atoms with Gasteiger partial charge in [0.2, 0.25) is 17.7 Å². The van der Waals surface area contributed by atoms with E-state index in [-0.39, 0.29) is 25.0 Å². The minimum atomic E-state index is -0.933. The molecule has 1 aliphatic rings. The SMILES string of the molecule is Cc1ccc2c(c1)C(=O)N[C@@H](C)C(=O)N[C@H](C)C(=O)N[C@H](CC(C)C)C(=O)NCc1cn(nn1)CCO2. The molecule has 2 aromatic rings. The van der Waals surface area contributed by atoms with Crippen molar-refractivity contribution in [1.29, 1.82) is 0 Å². The Labute approximate surface area is 215 Å². The second-order valence-electron chi connectivity index (χ2n) is 9.65. The number of hydrogen-bond acceptors (Lipinski definition) is 7. The van der Waals surface area contributed by atoms with Crippen molar-refractivity contribution < 1.29 is 23.9 Å². The van der Waals surface area contributed by atoms with E-state index in [9.17, 15) is 19.2 Å². The Balaban J connectivity index is 1.85. The molecule has 0 saturated heterocycles. The predicted octanol–water partition coefficient (Wildman–Crippen LogP) is 0.449. The van der Waals surface area contributed by atoms with Gasteiger partial charge < -0.3 is 26.0 Å². The number of amides is 4. The molecule has 0 saturated carbocycles. The van der Waals surface area contributed by atoms with E-state index in [2.05, 4.69) is 31.6 Å². The van der Waals surface area contributed by atoms with Crippen molar-refractivity contribution in [1.82, 2.24) is 36.3 Å². The molecule has 2 bridgehead atoms. The van der Waals surface area contributed by atoms with Gasteiger partial charge in [0.15, 0.2) is 0 Å². The van der Waals surface area contributed by atoms with Crippen LogP contribution in [0.15, 0.2) is 24.4 Å². The number of rotatable bonds is 2. The van der Waals surface area contributed by atoms with Gasteiger partial charge in [-0.3, -0.25) is 19.2 Å². The first-order valence-electron chi connectivity index (χ1n) is 12.3. The maximum absolute atomic E-state index is 13.0. The summed E-state index contributed by atoms with van der Waals surface area (Å²) in [7, 11) is 0. The van der Waals surface area contributed by atoms with Gasteiger partial charge in [-0.05, 0) is 45.2 Å². The molecule has 0 spiro atoms. The molecule has 12 heteroatoms. The molecule has 2 heterocycles. The van der Waals surface area contributed by atoms with Gasteiger partial charge in [-0.25, -0.2) is 4.68 Å². The topological polar surface area (TPSA) is 156 Å². The molecule has 3 atom stereocenters. The molecule has 200 valence electrons. The summed E-state index contributed by atoms with van der Waals surface area (Å²) in [5, 5.41) is 18.9. The maximum atomic E-state index is 13.0. The monoisotopic (exact) mass is 513 g/mol. The average molecular weight is 514 g/mol. The smallest absolute Gasteiger partial charge is 0.255 e. The second kappa shape index (κ2) is 12.3. The van der Waals surface area contributed by atoms with E-state index in [0.717, 1.165) is 5.56 Å². The number of nitrogens with zero attached hydrogens (tertiary/aromatic N) is 3. The normalized spacial score (nSPS) is 22.2. The number of aryl methyl sites for hydroxylation is 1. The van der Waals surface area contributed by atoms with Gasteiger partial charge in [-0.15, -0.1) is 5.10 Å². The number of ether oxygens (including phenoxy) is 1. The lowest BCUT2D eigenvalue weighted by Crippen LogP contribution is -2.55. The van der Waals surface area contributed by atoms with Crippen molar-refractivity contribution in [3.63, 3.8) is 0 Å². The van der Waals surface area contributed by atoms with Gasteiger partial charge >= 0.3 is 0 Å². The molecule has 0 unspecified atom stereocenters. The first kappa shape index (κ1) is 27.6. The van der Waals surface area contributed by atoms with Gasteiger partial charge in [0.25, 0.3) is 5.91 Å². The zero-order valence-corrected chi connectivity index (χ0v) is 21.8. The molecule has 37 heavy (non-hydrogen) atoms. The van der Waals surface area contributed by atoms with Crippen molar-refractivity contribution in [2.75, 3.05) is 6.61 Å². The number of carbonyl (C=O) groups is 4. The second-order valence-corrected chi connectivity index (χ2v) is 9.65. The van der Waals surface area contributed by atoms with Crippen LogP contribution in [0.3, 0.4) is 0 Å². The summed E-state index contributed by atoms with van der Waals surface area (Å²) < 4.78 is 7.43. The van der Waals surface area contributed by atoms with Crippen LogP contribution in [0.25, 0.3) is 0 Å². The average Bonchev–Trinajstić information content (AvgIpc) is 3.29. The number of hydrogen-bond donors (Lipinski definition) is 4. The lowest BCUT2D eigenvalue weighted by molar-refractivity contribution is -0.132. The highest BCUT2D eigenvalue weighted by molar-refractivity contribution is 6.00. The van der Waals surface area contributed by atoms with Crippen molar-refractivity contribution in [2.45, 2.75) is 72.3 Å². The van der Waals surface area contributed by atoms with E-state index in [1.54, 1.807) is 23.0 Å². The van der Waals surface area contributed by atoms with Crippen molar-refractivity contribution in [2.24, 2.45) is 5.92 Å². The Morgan fingerprint density at radius 2 is 1.73 bits per heavy atom. The quantitative estimate of drug-likeness (QED) is 0.454. The molecule has 1 aromatic carbocycles. The summed E-state index contributed by atoms with van der Waals surface area (Å²) >= 11 is 0. The minimum absolute atomic E-state index is 0.133. The number of fused-ring (bicyclic) bond motifs is 3. The van der Waals surface area contributed by atoms with Crippen LogP contribution >= 0.6 is 0 Å². The Kier molecular flexibility index (Phi) is 9.20. The number of aromatic nitrogens is 3. The van der Waals surface area contributed by atoms with Crippen molar-refractivity contribution in [3.8, 4) is 5.75 Å². The molecular formula is C25H35N7O5. The van der Waals surface area contributed by atoms with Gasteiger partial charge in [0.05, 0.1) is 24.8 Å². The van der Waals surface area contributed by atoms with Crippen LogP contribution in [0, 0.1) is 12.8 Å². The third-order valence-electron chi connectivity index (χ3n) is 5.82. The van der Waals surface area contributed by atoms with Crippen LogP contribution in [0.2, 0.25) is 0 Å². The standard InChI is InChI=1S/C25H35N7O5/c1-14(2)10-20-25(36)26-12-18-13-32(31-30-18)8-9-37-21-7-6-15(3)11-19(21)24(35)28-16(4)22(33)27-17(5)23(34)29-20/h6-7,11,13-14,16-17,20H,8-10,12H2,1-5H3,(H,26,36)(H,27,33)(H,28,35)(H,29,34)/t16-,17+,20+/m0/s1. The van der Waals surface area contributed by atoms with Gasteiger partial charge in [-0.2, -0.15) is 0 Å². The summed E-state index contributed by atoms with van der Waals surface area (Å²) in [6.45, 7) is 9.49. The number of benzene rings is 1. The molecule has 1 aliphatic heterocycles. The third-order valence-corrected chi connectivity index (χ3v) is 5.82. The third kappa shape index (κ3) is 7.76. The largest absolute Gasteiger partial charge is 0.491 e. The van der Waals surface area contributed by atoms with E-state index < -0.39 is 35.8 Å². The van der Waals surface area contributed by atoms with Crippen LogP contribution in [-0.4, -0.2) is 63.4 Å². The molecule has 12 nitrogen and oxygen atoms in total. The lowest BCUT2D eigenvalue weighted by atomic mass is 10.0. The van der Waals surface area contributed by atoms with Crippen LogP contribution in [0.4, 0.5) is 0 Å². The summed E-state index contributed by atoms with van der Waals surface area (Å²) in [5.74, 6) is -1.40. The number of carbonyl (C=O) groups excluding carboxylic acids is 4. The zero-order chi connectivity index (χ0) is 27.1. The van der Waals surface area contributed by atoms with E-state index in [1.807, 2.05) is 26.8 Å².